The monoisotopic (exact) mass is 419 g/mol. The number of benzene rings is 2. The second-order valence-electron chi connectivity index (χ2n) is 7.02. The van der Waals surface area contributed by atoms with E-state index in [0.717, 1.165) is 54.8 Å². The van der Waals surface area contributed by atoms with Crippen LogP contribution in [0.1, 0.15) is 49.3 Å². The molecule has 154 valence electrons. The number of halogens is 3. The van der Waals surface area contributed by atoms with E-state index in [0.29, 0.717) is 11.6 Å². The van der Waals surface area contributed by atoms with Crippen LogP contribution in [-0.4, -0.2) is 26.9 Å². The summed E-state index contributed by atoms with van der Waals surface area (Å²) in [6.45, 7) is 5.64. The van der Waals surface area contributed by atoms with Gasteiger partial charge in [0.25, 0.3) is 5.91 Å². The standard InChI is InChI=1S/C22H24ClF2N3O/c1-3-5-11-27(22(29)15-6-8-17(24)18(25)12-15)14-21-26-19-9-7-16(23)13-20(19)28(21)10-4-2/h6-9,12-13H,3-5,10-11,14H2,1-2H3. The minimum Gasteiger partial charge on any atom is -0.331 e. The van der Waals surface area contributed by atoms with Gasteiger partial charge in [0.05, 0.1) is 17.6 Å². The normalized spacial score (nSPS) is 11.2. The Bertz CT molecular complexity index is 1020. The van der Waals surface area contributed by atoms with Crippen LogP contribution in [0.5, 0.6) is 0 Å². The van der Waals surface area contributed by atoms with Gasteiger partial charge in [-0.25, -0.2) is 13.8 Å². The van der Waals surface area contributed by atoms with Crippen molar-refractivity contribution in [3.05, 3.63) is 64.4 Å². The lowest BCUT2D eigenvalue weighted by Gasteiger charge is -2.23. The smallest absolute Gasteiger partial charge is 0.254 e. The molecular formula is C22H24ClF2N3O. The molecule has 0 aliphatic carbocycles. The number of unbranched alkanes of at least 4 members (excludes halogenated alkanes) is 1. The molecule has 1 aromatic heterocycles. The molecule has 0 bridgehead atoms. The summed E-state index contributed by atoms with van der Waals surface area (Å²) in [7, 11) is 0. The lowest BCUT2D eigenvalue weighted by atomic mass is 10.1. The van der Waals surface area contributed by atoms with Gasteiger partial charge >= 0.3 is 0 Å². The molecule has 0 radical (unpaired) electrons. The molecular weight excluding hydrogens is 396 g/mol. The Kier molecular flexibility index (Phi) is 6.85. The summed E-state index contributed by atoms with van der Waals surface area (Å²) in [6.07, 6.45) is 2.61. The van der Waals surface area contributed by atoms with Crippen molar-refractivity contribution in [1.82, 2.24) is 14.5 Å². The van der Waals surface area contributed by atoms with Crippen LogP contribution in [0, 0.1) is 11.6 Å². The maximum absolute atomic E-state index is 13.6. The Labute approximate surface area is 174 Å². The van der Waals surface area contributed by atoms with Crippen LogP contribution >= 0.6 is 11.6 Å². The number of amides is 1. The highest BCUT2D eigenvalue weighted by molar-refractivity contribution is 6.31. The van der Waals surface area contributed by atoms with Gasteiger partial charge in [-0.15, -0.1) is 0 Å². The number of fused-ring (bicyclic) bond motifs is 1. The van der Waals surface area contributed by atoms with Gasteiger partial charge in [-0.05, 0) is 49.2 Å². The first-order chi connectivity index (χ1) is 13.9. The molecule has 7 heteroatoms. The van der Waals surface area contributed by atoms with Crippen molar-refractivity contribution >= 4 is 28.5 Å². The van der Waals surface area contributed by atoms with Crippen LogP contribution in [0.3, 0.4) is 0 Å². The van der Waals surface area contributed by atoms with Crippen molar-refractivity contribution in [3.63, 3.8) is 0 Å². The maximum Gasteiger partial charge on any atom is 0.254 e. The lowest BCUT2D eigenvalue weighted by Crippen LogP contribution is -2.32. The summed E-state index contributed by atoms with van der Waals surface area (Å²) in [6, 6.07) is 8.77. The number of carbonyl (C=O) groups is 1. The third-order valence-electron chi connectivity index (χ3n) is 4.80. The Balaban J connectivity index is 1.96. The van der Waals surface area contributed by atoms with Gasteiger partial charge in [-0.1, -0.05) is 31.9 Å². The molecule has 0 atom stereocenters. The van der Waals surface area contributed by atoms with E-state index in [-0.39, 0.29) is 18.0 Å². The Morgan fingerprint density at radius 1 is 1.10 bits per heavy atom. The summed E-state index contributed by atoms with van der Waals surface area (Å²) in [5, 5.41) is 0.627. The fraction of sp³-hybridized carbons (Fsp3) is 0.364. The number of aryl methyl sites for hydroxylation is 1. The average molecular weight is 420 g/mol. The Morgan fingerprint density at radius 2 is 1.90 bits per heavy atom. The van der Waals surface area contributed by atoms with Crippen molar-refractivity contribution in [2.45, 2.75) is 46.2 Å². The van der Waals surface area contributed by atoms with Crippen LogP contribution in [0.25, 0.3) is 11.0 Å². The van der Waals surface area contributed by atoms with E-state index in [9.17, 15) is 13.6 Å². The second-order valence-corrected chi connectivity index (χ2v) is 7.46. The van der Waals surface area contributed by atoms with Gasteiger partial charge in [-0.2, -0.15) is 0 Å². The summed E-state index contributed by atoms with van der Waals surface area (Å²) < 4.78 is 29.0. The van der Waals surface area contributed by atoms with E-state index in [1.807, 2.05) is 19.1 Å². The van der Waals surface area contributed by atoms with E-state index in [2.05, 4.69) is 11.5 Å². The zero-order valence-corrected chi connectivity index (χ0v) is 17.3. The highest BCUT2D eigenvalue weighted by Gasteiger charge is 2.21. The first-order valence-corrected chi connectivity index (χ1v) is 10.2. The molecule has 0 aliphatic heterocycles. The fourth-order valence-electron chi connectivity index (χ4n) is 3.32. The highest BCUT2D eigenvalue weighted by Crippen LogP contribution is 2.23. The third kappa shape index (κ3) is 4.75. The predicted molar refractivity (Wildman–Crippen MR) is 111 cm³/mol. The van der Waals surface area contributed by atoms with Gasteiger partial charge in [0, 0.05) is 23.7 Å². The largest absolute Gasteiger partial charge is 0.331 e. The Hall–Kier alpha value is -2.47. The summed E-state index contributed by atoms with van der Waals surface area (Å²) in [5.74, 6) is -1.59. The van der Waals surface area contributed by atoms with E-state index < -0.39 is 11.6 Å². The van der Waals surface area contributed by atoms with Gasteiger partial charge < -0.3 is 9.47 Å². The molecule has 0 spiro atoms. The first kappa shape index (κ1) is 21.2. The van der Waals surface area contributed by atoms with Crippen LogP contribution < -0.4 is 0 Å². The van der Waals surface area contributed by atoms with Crippen LogP contribution in [0.4, 0.5) is 8.78 Å². The average Bonchev–Trinajstić information content (AvgIpc) is 3.03. The number of nitrogens with zero attached hydrogens (tertiary/aromatic N) is 3. The maximum atomic E-state index is 13.6. The predicted octanol–water partition coefficient (Wildman–Crippen LogP) is 5.82. The molecule has 0 N–H and O–H groups in total. The quantitative estimate of drug-likeness (QED) is 0.461. The van der Waals surface area contributed by atoms with E-state index in [1.54, 1.807) is 11.0 Å². The number of carbonyl (C=O) groups excluding carboxylic acids is 1. The zero-order chi connectivity index (χ0) is 21.0. The molecule has 0 aliphatic rings. The summed E-state index contributed by atoms with van der Waals surface area (Å²) >= 11 is 6.16. The summed E-state index contributed by atoms with van der Waals surface area (Å²) in [5.41, 5.74) is 1.86. The van der Waals surface area contributed by atoms with E-state index >= 15 is 0 Å². The lowest BCUT2D eigenvalue weighted by molar-refractivity contribution is 0.0734. The van der Waals surface area contributed by atoms with Crippen molar-refractivity contribution in [2.24, 2.45) is 0 Å². The summed E-state index contributed by atoms with van der Waals surface area (Å²) in [4.78, 5) is 19.4. The van der Waals surface area contributed by atoms with Crippen LogP contribution in [0.15, 0.2) is 36.4 Å². The third-order valence-corrected chi connectivity index (χ3v) is 5.04. The molecule has 3 rings (SSSR count). The second kappa shape index (κ2) is 9.35. The number of rotatable bonds is 8. The fourth-order valence-corrected chi connectivity index (χ4v) is 3.49. The van der Waals surface area contributed by atoms with Gasteiger partial charge in [0.2, 0.25) is 0 Å². The molecule has 0 fully saturated rings. The van der Waals surface area contributed by atoms with Gasteiger partial charge in [-0.3, -0.25) is 4.79 Å². The van der Waals surface area contributed by atoms with Crippen molar-refractivity contribution in [2.75, 3.05) is 6.54 Å². The molecule has 4 nitrogen and oxygen atoms in total. The van der Waals surface area contributed by atoms with E-state index in [1.165, 1.54) is 6.07 Å². The SMILES string of the molecule is CCCCN(Cc1nc2ccc(Cl)cc2n1CCC)C(=O)c1ccc(F)c(F)c1. The number of imidazole rings is 1. The molecule has 3 aromatic rings. The Morgan fingerprint density at radius 3 is 2.59 bits per heavy atom. The minimum atomic E-state index is -1.03. The van der Waals surface area contributed by atoms with Crippen LogP contribution in [0.2, 0.25) is 5.02 Å². The number of hydrogen-bond acceptors (Lipinski definition) is 2. The van der Waals surface area contributed by atoms with Gasteiger partial charge in [0.15, 0.2) is 11.6 Å². The van der Waals surface area contributed by atoms with Crippen molar-refractivity contribution < 1.29 is 13.6 Å². The number of hydrogen-bond donors (Lipinski definition) is 0. The van der Waals surface area contributed by atoms with Crippen LogP contribution in [-0.2, 0) is 13.1 Å². The molecule has 0 saturated heterocycles. The molecule has 0 unspecified atom stereocenters. The first-order valence-electron chi connectivity index (χ1n) is 9.83. The zero-order valence-electron chi connectivity index (χ0n) is 16.6. The van der Waals surface area contributed by atoms with E-state index in [4.69, 9.17) is 16.6 Å². The molecule has 2 aromatic carbocycles. The molecule has 1 heterocycles. The minimum absolute atomic E-state index is 0.126. The molecule has 1 amide bonds. The van der Waals surface area contributed by atoms with Gasteiger partial charge in [0.1, 0.15) is 5.82 Å². The highest BCUT2D eigenvalue weighted by atomic mass is 35.5. The number of aromatic nitrogens is 2. The topological polar surface area (TPSA) is 38.1 Å². The molecule has 29 heavy (non-hydrogen) atoms. The molecule has 0 saturated carbocycles. The van der Waals surface area contributed by atoms with Crippen molar-refractivity contribution in [3.8, 4) is 0 Å². The van der Waals surface area contributed by atoms with Crippen molar-refractivity contribution in [1.29, 1.82) is 0 Å².